The van der Waals surface area contributed by atoms with Crippen molar-refractivity contribution in [2.75, 3.05) is 17.1 Å². The molecular formula is C18H24FN5O2S. The van der Waals surface area contributed by atoms with E-state index >= 15 is 0 Å². The number of aliphatic hydroxyl groups is 1. The number of carbonyl (C=O) groups is 1. The monoisotopic (exact) mass is 393 g/mol. The molecule has 1 amide bonds. The van der Waals surface area contributed by atoms with E-state index in [4.69, 9.17) is 0 Å². The van der Waals surface area contributed by atoms with Gasteiger partial charge in [0.2, 0.25) is 0 Å². The topological polar surface area (TPSA) is 81.4 Å². The molecule has 0 aliphatic carbocycles. The largest absolute Gasteiger partial charge is 0.384 e. The summed E-state index contributed by atoms with van der Waals surface area (Å²) in [6, 6.07) is 2.45. The van der Waals surface area contributed by atoms with Crippen LogP contribution in [-0.2, 0) is 10.4 Å². The fraction of sp³-hybridized carbons (Fsp3) is 0.444. The summed E-state index contributed by atoms with van der Waals surface area (Å²) in [7, 11) is 0. The summed E-state index contributed by atoms with van der Waals surface area (Å²) in [5.74, 6) is 0.130. The quantitative estimate of drug-likeness (QED) is 0.594. The maximum atomic E-state index is 14.2. The van der Waals surface area contributed by atoms with Crippen LogP contribution in [0, 0.1) is 5.82 Å². The van der Waals surface area contributed by atoms with Crippen LogP contribution in [-0.4, -0.2) is 51.7 Å². The first-order valence-corrected chi connectivity index (χ1v) is 9.75. The number of hydrazine groups is 1. The fourth-order valence-electron chi connectivity index (χ4n) is 2.67. The molecule has 1 N–H and O–H groups in total. The molecule has 1 aliphatic rings. The highest BCUT2D eigenvalue weighted by Gasteiger charge is 2.42. The molecule has 0 bridgehead atoms. The smallest absolute Gasteiger partial charge is 0.278 e. The molecule has 0 unspecified atom stereocenters. The minimum Gasteiger partial charge on any atom is -0.384 e. The fourth-order valence-corrected chi connectivity index (χ4v) is 2.92. The van der Waals surface area contributed by atoms with Crippen LogP contribution in [0.1, 0.15) is 33.4 Å². The number of anilines is 1. The number of thioether (sulfide) groups is 1. The summed E-state index contributed by atoms with van der Waals surface area (Å²) in [5, 5.41) is 13.3. The van der Waals surface area contributed by atoms with Crippen molar-refractivity contribution in [3.63, 3.8) is 0 Å². The Morgan fingerprint density at radius 2 is 2.11 bits per heavy atom. The zero-order valence-electron chi connectivity index (χ0n) is 16.1. The number of nitrogens with zero attached hydrogens (tertiary/aromatic N) is 5. The molecule has 1 aliphatic heterocycles. The molecular weight excluding hydrogens is 369 g/mol. The van der Waals surface area contributed by atoms with Gasteiger partial charge in [0.1, 0.15) is 22.7 Å². The van der Waals surface area contributed by atoms with Crippen LogP contribution in [0.5, 0.6) is 0 Å². The molecule has 2 rings (SSSR count). The van der Waals surface area contributed by atoms with Crippen molar-refractivity contribution in [2.24, 2.45) is 9.98 Å². The van der Waals surface area contributed by atoms with E-state index in [2.05, 4.69) is 21.7 Å². The van der Waals surface area contributed by atoms with Crippen molar-refractivity contribution >= 4 is 36.0 Å². The predicted molar refractivity (Wildman–Crippen MR) is 107 cm³/mol. The van der Waals surface area contributed by atoms with E-state index in [1.807, 2.05) is 20.1 Å². The summed E-state index contributed by atoms with van der Waals surface area (Å²) in [6.07, 6.45) is 3.25. The molecule has 2 heterocycles. The lowest BCUT2D eigenvalue weighted by atomic mass is 10.0. The first-order valence-electron chi connectivity index (χ1n) is 8.36. The van der Waals surface area contributed by atoms with Gasteiger partial charge in [-0.05, 0) is 52.8 Å². The Labute approximate surface area is 162 Å². The van der Waals surface area contributed by atoms with Crippen molar-refractivity contribution in [1.82, 2.24) is 9.99 Å². The standard InChI is InChI=1S/C18H24FN5O2S/c1-11(2)23-17(25)12(9-20-5)16(21-10-27-6)24(23)14-8-7-13(19)15(22-14)18(3,4)26/h7-9,11,26H,5,10H2,1-4,6H3/b12-9+,21-16+. The highest BCUT2D eigenvalue weighted by Crippen LogP contribution is 2.31. The highest BCUT2D eigenvalue weighted by molar-refractivity contribution is 7.98. The second kappa shape index (κ2) is 8.18. The zero-order valence-corrected chi connectivity index (χ0v) is 16.9. The first kappa shape index (κ1) is 21.0. The normalized spacial score (nSPS) is 18.3. The van der Waals surface area contributed by atoms with Gasteiger partial charge < -0.3 is 5.11 Å². The Kier molecular flexibility index (Phi) is 6.38. The molecule has 1 aromatic heterocycles. The van der Waals surface area contributed by atoms with Crippen LogP contribution in [0.2, 0.25) is 0 Å². The van der Waals surface area contributed by atoms with Crippen LogP contribution in [0.3, 0.4) is 0 Å². The number of hydrogen-bond donors (Lipinski definition) is 1. The van der Waals surface area contributed by atoms with Gasteiger partial charge in [0, 0.05) is 12.2 Å². The van der Waals surface area contributed by atoms with Gasteiger partial charge in [-0.3, -0.25) is 14.8 Å². The summed E-state index contributed by atoms with van der Waals surface area (Å²) >= 11 is 1.49. The van der Waals surface area contributed by atoms with E-state index in [1.54, 1.807) is 0 Å². The molecule has 146 valence electrons. The summed E-state index contributed by atoms with van der Waals surface area (Å²) in [5.41, 5.74) is -1.31. The number of rotatable bonds is 6. The number of aliphatic imine (C=N–C) groups is 2. The number of amides is 1. The second-order valence-corrected chi connectivity index (χ2v) is 7.57. The molecule has 0 radical (unpaired) electrons. The molecule has 27 heavy (non-hydrogen) atoms. The first-order chi connectivity index (χ1) is 12.6. The van der Waals surface area contributed by atoms with Crippen LogP contribution in [0.25, 0.3) is 0 Å². The van der Waals surface area contributed by atoms with Gasteiger partial charge in [0.25, 0.3) is 5.91 Å². The van der Waals surface area contributed by atoms with Crippen molar-refractivity contribution in [3.05, 3.63) is 35.4 Å². The minimum atomic E-state index is -1.48. The number of amidine groups is 1. The summed E-state index contributed by atoms with van der Waals surface area (Å²) in [6.45, 7) is 10.0. The van der Waals surface area contributed by atoms with Crippen LogP contribution < -0.4 is 5.01 Å². The maximum Gasteiger partial charge on any atom is 0.278 e. The Balaban J connectivity index is 2.70. The second-order valence-electron chi connectivity index (χ2n) is 6.74. The van der Waals surface area contributed by atoms with E-state index in [1.165, 1.54) is 54.0 Å². The van der Waals surface area contributed by atoms with Gasteiger partial charge in [-0.1, -0.05) is 0 Å². The lowest BCUT2D eigenvalue weighted by molar-refractivity contribution is -0.126. The van der Waals surface area contributed by atoms with Crippen molar-refractivity contribution in [1.29, 1.82) is 0 Å². The van der Waals surface area contributed by atoms with Gasteiger partial charge in [0.15, 0.2) is 11.7 Å². The number of aromatic nitrogens is 1. The molecule has 1 saturated heterocycles. The Hall–Kier alpha value is -2.26. The number of hydrogen-bond acceptors (Lipinski definition) is 6. The third-order valence-electron chi connectivity index (χ3n) is 3.78. The lowest BCUT2D eigenvalue weighted by Gasteiger charge is -2.32. The Bertz CT molecular complexity index is 801. The zero-order chi connectivity index (χ0) is 20.4. The molecule has 0 aromatic carbocycles. The van der Waals surface area contributed by atoms with Gasteiger partial charge >= 0.3 is 0 Å². The molecule has 0 spiro atoms. The van der Waals surface area contributed by atoms with Gasteiger partial charge in [-0.2, -0.15) is 0 Å². The molecule has 0 saturated carbocycles. The maximum absolute atomic E-state index is 14.2. The van der Waals surface area contributed by atoms with Crippen LogP contribution in [0.4, 0.5) is 10.2 Å². The van der Waals surface area contributed by atoms with E-state index < -0.39 is 11.4 Å². The van der Waals surface area contributed by atoms with Crippen LogP contribution in [0.15, 0.2) is 33.9 Å². The third-order valence-corrected chi connectivity index (χ3v) is 4.16. The van der Waals surface area contributed by atoms with E-state index in [9.17, 15) is 14.3 Å². The molecule has 1 aromatic rings. The highest BCUT2D eigenvalue weighted by atomic mass is 32.2. The molecule has 7 nitrogen and oxygen atoms in total. The number of carbonyl (C=O) groups excluding carboxylic acids is 1. The lowest BCUT2D eigenvalue weighted by Crippen LogP contribution is -2.46. The Morgan fingerprint density at radius 1 is 1.44 bits per heavy atom. The van der Waals surface area contributed by atoms with Crippen molar-refractivity contribution in [3.8, 4) is 0 Å². The predicted octanol–water partition coefficient (Wildman–Crippen LogP) is 2.72. The average Bonchev–Trinajstić information content (AvgIpc) is 2.85. The molecule has 9 heteroatoms. The van der Waals surface area contributed by atoms with E-state index in [0.29, 0.717) is 11.7 Å². The van der Waals surface area contributed by atoms with Gasteiger partial charge in [-0.15, -0.1) is 11.8 Å². The van der Waals surface area contributed by atoms with E-state index in [0.717, 1.165) is 0 Å². The van der Waals surface area contributed by atoms with Crippen LogP contribution >= 0.6 is 11.8 Å². The Morgan fingerprint density at radius 3 is 2.63 bits per heavy atom. The van der Waals surface area contributed by atoms with Gasteiger partial charge in [-0.25, -0.2) is 19.4 Å². The average molecular weight is 393 g/mol. The number of halogens is 1. The third kappa shape index (κ3) is 4.19. The minimum absolute atomic E-state index is 0.111. The van der Waals surface area contributed by atoms with Crippen molar-refractivity contribution in [2.45, 2.75) is 39.3 Å². The summed E-state index contributed by atoms with van der Waals surface area (Å²) < 4.78 is 14.2. The SMILES string of the molecule is C=N/C=C1/C(=O)N(C(C)C)N(c2ccc(F)c(C(C)(C)O)n2)/C1=N/CSC. The van der Waals surface area contributed by atoms with E-state index in [-0.39, 0.29) is 29.0 Å². The summed E-state index contributed by atoms with van der Waals surface area (Å²) in [4.78, 5) is 25.4. The van der Waals surface area contributed by atoms with Gasteiger partial charge in [0.05, 0.1) is 5.88 Å². The number of pyridine rings is 1. The molecule has 1 fully saturated rings. The van der Waals surface area contributed by atoms with Crippen molar-refractivity contribution < 1.29 is 14.3 Å². The molecule has 0 atom stereocenters.